The van der Waals surface area contributed by atoms with Gasteiger partial charge < -0.3 is 9.73 Å². The average Bonchev–Trinajstić information content (AvgIpc) is 2.72. The third kappa shape index (κ3) is 3.99. The number of rotatable bonds is 7. The lowest BCUT2D eigenvalue weighted by Gasteiger charge is -2.21. The van der Waals surface area contributed by atoms with Crippen LogP contribution in [0, 0.1) is 0 Å². The molecule has 3 nitrogen and oxygen atoms in total. The van der Waals surface area contributed by atoms with Crippen LogP contribution in [0.3, 0.4) is 0 Å². The maximum Gasteiger partial charge on any atom is 0.118 e. The summed E-state index contributed by atoms with van der Waals surface area (Å²) in [4.78, 5) is 2.32. The van der Waals surface area contributed by atoms with Gasteiger partial charge in [0.1, 0.15) is 5.76 Å². The topological polar surface area (TPSA) is 28.4 Å². The van der Waals surface area contributed by atoms with Crippen LogP contribution in [0.5, 0.6) is 0 Å². The lowest BCUT2D eigenvalue weighted by Crippen LogP contribution is -2.27. The van der Waals surface area contributed by atoms with Crippen molar-refractivity contribution in [2.24, 2.45) is 0 Å². The van der Waals surface area contributed by atoms with Crippen LogP contribution in [0.15, 0.2) is 16.7 Å². The van der Waals surface area contributed by atoms with E-state index in [0.717, 1.165) is 25.4 Å². The summed E-state index contributed by atoms with van der Waals surface area (Å²) in [5, 5.41) is 3.29. The van der Waals surface area contributed by atoms with Gasteiger partial charge in [0, 0.05) is 18.2 Å². The van der Waals surface area contributed by atoms with Crippen molar-refractivity contribution in [2.45, 2.75) is 46.3 Å². The number of hydrogen-bond acceptors (Lipinski definition) is 3. The first-order valence-corrected chi connectivity index (χ1v) is 6.14. The summed E-state index contributed by atoms with van der Waals surface area (Å²) in [6.07, 6.45) is 3.02. The molecule has 0 bridgehead atoms. The Morgan fingerprint density at radius 2 is 2.19 bits per heavy atom. The lowest BCUT2D eigenvalue weighted by molar-refractivity contribution is 0.225. The largest absolute Gasteiger partial charge is 0.468 e. The molecule has 92 valence electrons. The standard InChI is InChI=1S/C13H24N2O/c1-5-11(3)15(4)9-13-7-12(10-16-13)8-14-6-2/h7,10-11,14H,5-6,8-9H2,1-4H3. The summed E-state index contributed by atoms with van der Waals surface area (Å²) >= 11 is 0. The Kier molecular flexibility index (Phi) is 5.56. The summed E-state index contributed by atoms with van der Waals surface area (Å²) in [5.74, 6) is 1.05. The van der Waals surface area contributed by atoms with Crippen LogP contribution in [-0.2, 0) is 13.1 Å². The van der Waals surface area contributed by atoms with Crippen molar-refractivity contribution in [3.05, 3.63) is 23.7 Å². The van der Waals surface area contributed by atoms with Gasteiger partial charge in [0.15, 0.2) is 0 Å². The smallest absolute Gasteiger partial charge is 0.118 e. The molecule has 0 aromatic carbocycles. The molecule has 0 aliphatic carbocycles. The zero-order valence-electron chi connectivity index (χ0n) is 10.9. The van der Waals surface area contributed by atoms with E-state index >= 15 is 0 Å². The summed E-state index contributed by atoms with van der Waals surface area (Å²) in [5.41, 5.74) is 1.23. The van der Waals surface area contributed by atoms with Crippen molar-refractivity contribution >= 4 is 0 Å². The minimum atomic E-state index is 0.599. The fourth-order valence-corrected chi connectivity index (χ4v) is 1.58. The van der Waals surface area contributed by atoms with E-state index in [2.05, 4.69) is 44.1 Å². The predicted molar refractivity (Wildman–Crippen MR) is 67.3 cm³/mol. The van der Waals surface area contributed by atoms with Crippen molar-refractivity contribution in [1.29, 1.82) is 0 Å². The molecule has 0 saturated carbocycles. The van der Waals surface area contributed by atoms with Gasteiger partial charge >= 0.3 is 0 Å². The number of hydrogen-bond donors (Lipinski definition) is 1. The van der Waals surface area contributed by atoms with Gasteiger partial charge in [-0.15, -0.1) is 0 Å². The molecular weight excluding hydrogens is 200 g/mol. The lowest BCUT2D eigenvalue weighted by atomic mass is 10.2. The zero-order chi connectivity index (χ0) is 12.0. The Morgan fingerprint density at radius 3 is 2.81 bits per heavy atom. The monoisotopic (exact) mass is 224 g/mol. The second-order valence-corrected chi connectivity index (χ2v) is 4.37. The van der Waals surface area contributed by atoms with Crippen LogP contribution in [0.4, 0.5) is 0 Å². The maximum atomic E-state index is 5.55. The fraction of sp³-hybridized carbons (Fsp3) is 0.692. The van der Waals surface area contributed by atoms with Crippen molar-refractivity contribution < 1.29 is 4.42 Å². The van der Waals surface area contributed by atoms with E-state index in [1.165, 1.54) is 12.0 Å². The quantitative estimate of drug-likeness (QED) is 0.771. The Morgan fingerprint density at radius 1 is 1.44 bits per heavy atom. The minimum Gasteiger partial charge on any atom is -0.468 e. The van der Waals surface area contributed by atoms with Gasteiger partial charge in [0.05, 0.1) is 12.8 Å². The normalized spacial score (nSPS) is 13.3. The third-order valence-corrected chi connectivity index (χ3v) is 3.04. The molecule has 1 aromatic rings. The molecule has 0 aliphatic heterocycles. The Labute approximate surface area is 98.8 Å². The van der Waals surface area contributed by atoms with Gasteiger partial charge in [-0.2, -0.15) is 0 Å². The van der Waals surface area contributed by atoms with E-state index in [-0.39, 0.29) is 0 Å². The second kappa shape index (κ2) is 6.71. The molecule has 0 aliphatic rings. The summed E-state index contributed by atoms with van der Waals surface area (Å²) in [6, 6.07) is 2.74. The molecule has 1 heterocycles. The molecule has 0 saturated heterocycles. The molecule has 0 spiro atoms. The van der Waals surface area contributed by atoms with E-state index in [4.69, 9.17) is 4.42 Å². The van der Waals surface area contributed by atoms with Crippen LogP contribution < -0.4 is 5.32 Å². The van der Waals surface area contributed by atoms with Crippen molar-refractivity contribution in [2.75, 3.05) is 13.6 Å². The molecule has 3 heteroatoms. The second-order valence-electron chi connectivity index (χ2n) is 4.37. The SMILES string of the molecule is CCNCc1coc(CN(C)C(C)CC)c1. The van der Waals surface area contributed by atoms with E-state index in [1.54, 1.807) is 0 Å². The summed E-state index contributed by atoms with van der Waals surface area (Å²) in [6.45, 7) is 9.33. The molecule has 1 N–H and O–H groups in total. The van der Waals surface area contributed by atoms with E-state index in [1.807, 2.05) is 6.26 Å². The molecule has 1 aromatic heterocycles. The van der Waals surface area contributed by atoms with Crippen molar-refractivity contribution in [3.8, 4) is 0 Å². The van der Waals surface area contributed by atoms with E-state index in [9.17, 15) is 0 Å². The van der Waals surface area contributed by atoms with Crippen LogP contribution in [0.25, 0.3) is 0 Å². The van der Waals surface area contributed by atoms with Crippen molar-refractivity contribution in [3.63, 3.8) is 0 Å². The highest BCUT2D eigenvalue weighted by atomic mass is 16.3. The Balaban J connectivity index is 2.45. The van der Waals surface area contributed by atoms with Gasteiger partial charge in [-0.05, 0) is 33.0 Å². The highest BCUT2D eigenvalue weighted by molar-refractivity contribution is 5.12. The predicted octanol–water partition coefficient (Wildman–Crippen LogP) is 2.62. The minimum absolute atomic E-state index is 0.599. The zero-order valence-corrected chi connectivity index (χ0v) is 10.9. The molecule has 1 atom stereocenters. The first-order valence-electron chi connectivity index (χ1n) is 6.14. The first-order chi connectivity index (χ1) is 7.67. The average molecular weight is 224 g/mol. The highest BCUT2D eigenvalue weighted by Crippen LogP contribution is 2.12. The molecular formula is C13H24N2O. The third-order valence-electron chi connectivity index (χ3n) is 3.04. The van der Waals surface area contributed by atoms with E-state index < -0.39 is 0 Å². The van der Waals surface area contributed by atoms with Gasteiger partial charge in [-0.25, -0.2) is 0 Å². The molecule has 0 radical (unpaired) electrons. The maximum absolute atomic E-state index is 5.55. The van der Waals surface area contributed by atoms with Gasteiger partial charge in [0.25, 0.3) is 0 Å². The van der Waals surface area contributed by atoms with Gasteiger partial charge in [-0.3, -0.25) is 4.90 Å². The van der Waals surface area contributed by atoms with E-state index in [0.29, 0.717) is 6.04 Å². The molecule has 0 fully saturated rings. The van der Waals surface area contributed by atoms with Crippen molar-refractivity contribution in [1.82, 2.24) is 10.2 Å². The van der Waals surface area contributed by atoms with Gasteiger partial charge in [0.2, 0.25) is 0 Å². The molecule has 1 unspecified atom stereocenters. The van der Waals surface area contributed by atoms with Crippen LogP contribution >= 0.6 is 0 Å². The van der Waals surface area contributed by atoms with Crippen LogP contribution in [0.2, 0.25) is 0 Å². The Bertz CT molecular complexity index is 296. The van der Waals surface area contributed by atoms with Crippen LogP contribution in [0.1, 0.15) is 38.5 Å². The van der Waals surface area contributed by atoms with Gasteiger partial charge in [-0.1, -0.05) is 13.8 Å². The number of nitrogens with zero attached hydrogens (tertiary/aromatic N) is 1. The molecule has 16 heavy (non-hydrogen) atoms. The summed E-state index contributed by atoms with van der Waals surface area (Å²) < 4.78 is 5.55. The summed E-state index contributed by atoms with van der Waals surface area (Å²) in [7, 11) is 2.14. The highest BCUT2D eigenvalue weighted by Gasteiger charge is 2.09. The van der Waals surface area contributed by atoms with Crippen LogP contribution in [-0.4, -0.2) is 24.5 Å². The number of furan rings is 1. The molecule has 0 amide bonds. The molecule has 1 rings (SSSR count). The Hall–Kier alpha value is -0.800. The first kappa shape index (κ1) is 13.3. The fourth-order valence-electron chi connectivity index (χ4n) is 1.58. The number of nitrogens with one attached hydrogen (secondary N) is 1.